The first-order chi connectivity index (χ1) is 12.9. The summed E-state index contributed by atoms with van der Waals surface area (Å²) in [4.78, 5) is 0.292. The van der Waals surface area contributed by atoms with E-state index in [1.165, 1.54) is 16.1 Å². The second-order valence-corrected chi connectivity index (χ2v) is 9.99. The lowest BCUT2D eigenvalue weighted by Gasteiger charge is -2.23. The number of sulfonamides is 1. The zero-order chi connectivity index (χ0) is 19.2. The number of rotatable bonds is 4. The summed E-state index contributed by atoms with van der Waals surface area (Å²) < 4.78 is 30.2. The fourth-order valence-corrected chi connectivity index (χ4v) is 6.20. The van der Waals surface area contributed by atoms with E-state index in [4.69, 9.17) is 0 Å². The van der Waals surface area contributed by atoms with Gasteiger partial charge >= 0.3 is 0 Å². The first-order valence-electron chi connectivity index (χ1n) is 8.54. The Labute approximate surface area is 168 Å². The van der Waals surface area contributed by atoms with Crippen molar-refractivity contribution in [3.63, 3.8) is 0 Å². The number of thiol groups is 1. The van der Waals surface area contributed by atoms with E-state index in [-0.39, 0.29) is 11.3 Å². The molecule has 0 bridgehead atoms. The Morgan fingerprint density at radius 2 is 1.89 bits per heavy atom. The lowest BCUT2D eigenvalue weighted by Crippen LogP contribution is -2.32. The maximum atomic E-state index is 13.4. The Balaban J connectivity index is 1.77. The van der Waals surface area contributed by atoms with Crippen molar-refractivity contribution in [1.29, 1.82) is 0 Å². The molecule has 27 heavy (non-hydrogen) atoms. The van der Waals surface area contributed by atoms with Gasteiger partial charge in [-0.1, -0.05) is 42.1 Å². The summed E-state index contributed by atoms with van der Waals surface area (Å²) >= 11 is 6.04. The van der Waals surface area contributed by atoms with E-state index in [1.54, 1.807) is 12.1 Å². The van der Waals surface area contributed by atoms with E-state index >= 15 is 0 Å². The molecular formula is C18H20N4O2S3. The first-order valence-corrected chi connectivity index (χ1v) is 11.7. The summed E-state index contributed by atoms with van der Waals surface area (Å²) in [5.41, 5.74) is 0. The largest absolute Gasteiger partial charge is 0.308 e. The summed E-state index contributed by atoms with van der Waals surface area (Å²) in [5, 5.41) is 11.1. The fourth-order valence-electron chi connectivity index (χ4n) is 3.54. The van der Waals surface area contributed by atoms with E-state index in [0.717, 1.165) is 15.9 Å². The van der Waals surface area contributed by atoms with Crippen LogP contribution in [0.25, 0.3) is 10.8 Å². The van der Waals surface area contributed by atoms with Crippen LogP contribution in [0.3, 0.4) is 0 Å². The highest BCUT2D eigenvalue weighted by Crippen LogP contribution is 2.38. The molecule has 0 radical (unpaired) electrons. The van der Waals surface area contributed by atoms with Crippen LogP contribution >= 0.6 is 24.4 Å². The van der Waals surface area contributed by atoms with E-state index in [1.807, 2.05) is 48.2 Å². The highest BCUT2D eigenvalue weighted by Gasteiger charge is 2.42. The Kier molecular flexibility index (Phi) is 4.96. The van der Waals surface area contributed by atoms with Crippen LogP contribution in [-0.2, 0) is 17.1 Å². The highest BCUT2D eigenvalue weighted by atomic mass is 32.2. The minimum absolute atomic E-state index is 0.0420. The molecule has 1 aliphatic heterocycles. The Morgan fingerprint density at radius 1 is 1.15 bits per heavy atom. The summed E-state index contributed by atoms with van der Waals surface area (Å²) in [6.45, 7) is 0.352. The van der Waals surface area contributed by atoms with Crippen molar-refractivity contribution in [3.05, 3.63) is 48.3 Å². The summed E-state index contributed by atoms with van der Waals surface area (Å²) in [5.74, 6) is 0.653. The molecule has 4 rings (SSSR count). The second-order valence-electron chi connectivity index (χ2n) is 6.59. The molecule has 1 fully saturated rings. The molecule has 0 spiro atoms. The molecule has 0 aliphatic carbocycles. The predicted molar refractivity (Wildman–Crippen MR) is 111 cm³/mol. The van der Waals surface area contributed by atoms with Crippen LogP contribution < -0.4 is 0 Å². The molecule has 0 unspecified atom stereocenters. The maximum Gasteiger partial charge on any atom is 0.243 e. The standard InChI is InChI=1S/C18H20N4O2S3/c1-21-17(19-20-18(21)26-2)16-10-14(25)11-22(16)27(23,24)15-8-7-12-5-3-4-6-13(12)9-15/h3-9,14,16,25H,10-11H2,1-2H3/t14-,16+/m1/s1. The topological polar surface area (TPSA) is 68.1 Å². The van der Waals surface area contributed by atoms with Crippen molar-refractivity contribution in [1.82, 2.24) is 19.1 Å². The van der Waals surface area contributed by atoms with Gasteiger partial charge in [-0.05, 0) is 35.6 Å². The van der Waals surface area contributed by atoms with Gasteiger partial charge in [-0.25, -0.2) is 8.42 Å². The van der Waals surface area contributed by atoms with Crippen molar-refractivity contribution in [2.24, 2.45) is 7.05 Å². The van der Waals surface area contributed by atoms with Crippen molar-refractivity contribution >= 4 is 45.2 Å². The smallest absolute Gasteiger partial charge is 0.243 e. The van der Waals surface area contributed by atoms with Crippen molar-refractivity contribution in [3.8, 4) is 0 Å². The van der Waals surface area contributed by atoms with Crippen LogP contribution in [0.1, 0.15) is 18.3 Å². The molecule has 0 saturated carbocycles. The summed E-state index contributed by atoms with van der Waals surface area (Å²) in [6, 6.07) is 12.6. The molecule has 2 atom stereocenters. The maximum absolute atomic E-state index is 13.4. The number of hydrogen-bond acceptors (Lipinski definition) is 6. The minimum atomic E-state index is -3.68. The Morgan fingerprint density at radius 3 is 2.59 bits per heavy atom. The van der Waals surface area contributed by atoms with Crippen LogP contribution in [0, 0.1) is 0 Å². The van der Waals surface area contributed by atoms with Crippen LogP contribution in [0.5, 0.6) is 0 Å². The third-order valence-corrected chi connectivity index (χ3v) is 7.88. The monoisotopic (exact) mass is 420 g/mol. The van der Waals surface area contributed by atoms with Gasteiger partial charge in [0, 0.05) is 18.8 Å². The molecule has 9 heteroatoms. The fraction of sp³-hybridized carbons (Fsp3) is 0.333. The minimum Gasteiger partial charge on any atom is -0.308 e. The van der Waals surface area contributed by atoms with E-state index in [2.05, 4.69) is 22.8 Å². The van der Waals surface area contributed by atoms with E-state index in [9.17, 15) is 8.42 Å². The summed E-state index contributed by atoms with van der Waals surface area (Å²) in [6.07, 6.45) is 2.53. The zero-order valence-electron chi connectivity index (χ0n) is 15.0. The third-order valence-electron chi connectivity index (χ3n) is 4.91. The van der Waals surface area contributed by atoms with Gasteiger partial charge in [0.25, 0.3) is 0 Å². The van der Waals surface area contributed by atoms with Gasteiger partial charge in [0.15, 0.2) is 11.0 Å². The number of thioether (sulfide) groups is 1. The van der Waals surface area contributed by atoms with Crippen LogP contribution in [-0.4, -0.2) is 45.5 Å². The third kappa shape index (κ3) is 3.26. The molecule has 1 aromatic heterocycles. The number of hydrogen-bond donors (Lipinski definition) is 1. The normalized spacial score (nSPS) is 21.1. The molecule has 1 aliphatic rings. The number of benzene rings is 2. The van der Waals surface area contributed by atoms with Crippen molar-refractivity contribution < 1.29 is 8.42 Å². The van der Waals surface area contributed by atoms with Crippen LogP contribution in [0.15, 0.2) is 52.5 Å². The lowest BCUT2D eigenvalue weighted by molar-refractivity contribution is 0.375. The predicted octanol–water partition coefficient (Wildman–Crippen LogP) is 3.12. The molecular weight excluding hydrogens is 400 g/mol. The Hall–Kier alpha value is -1.55. The summed E-state index contributed by atoms with van der Waals surface area (Å²) in [7, 11) is -1.81. The number of aromatic nitrogens is 3. The van der Waals surface area contributed by atoms with Gasteiger partial charge in [-0.2, -0.15) is 16.9 Å². The van der Waals surface area contributed by atoms with Gasteiger partial charge < -0.3 is 4.57 Å². The second kappa shape index (κ2) is 7.12. The van der Waals surface area contributed by atoms with Crippen LogP contribution in [0.4, 0.5) is 0 Å². The van der Waals surface area contributed by atoms with Gasteiger partial charge in [-0.3, -0.25) is 0 Å². The molecule has 6 nitrogen and oxygen atoms in total. The first kappa shape index (κ1) is 18.8. The molecule has 2 aromatic carbocycles. The molecule has 0 amide bonds. The molecule has 1 saturated heterocycles. The molecule has 3 aromatic rings. The number of fused-ring (bicyclic) bond motifs is 1. The van der Waals surface area contributed by atoms with Crippen LogP contribution in [0.2, 0.25) is 0 Å². The Bertz CT molecular complexity index is 1100. The molecule has 2 heterocycles. The average molecular weight is 421 g/mol. The molecule has 142 valence electrons. The van der Waals surface area contributed by atoms with E-state index < -0.39 is 10.0 Å². The van der Waals surface area contributed by atoms with Gasteiger partial charge in [-0.15, -0.1) is 10.2 Å². The van der Waals surface area contributed by atoms with Crippen molar-refractivity contribution in [2.75, 3.05) is 12.8 Å². The van der Waals surface area contributed by atoms with Gasteiger partial charge in [0.05, 0.1) is 10.9 Å². The quantitative estimate of drug-likeness (QED) is 0.519. The van der Waals surface area contributed by atoms with E-state index in [0.29, 0.717) is 23.7 Å². The van der Waals surface area contributed by atoms with Gasteiger partial charge in [0.2, 0.25) is 10.0 Å². The number of nitrogens with zero attached hydrogens (tertiary/aromatic N) is 4. The SMILES string of the molecule is CSc1nnc([C@@H]2C[C@@H](S)CN2S(=O)(=O)c2ccc3ccccc3c2)n1C. The zero-order valence-corrected chi connectivity index (χ0v) is 17.5. The molecule has 0 N–H and O–H groups in total. The average Bonchev–Trinajstić information content (AvgIpc) is 3.23. The van der Waals surface area contributed by atoms with Crippen molar-refractivity contribution in [2.45, 2.75) is 27.8 Å². The highest BCUT2D eigenvalue weighted by molar-refractivity contribution is 7.98. The lowest BCUT2D eigenvalue weighted by atomic mass is 10.1. The van der Waals surface area contributed by atoms with Gasteiger partial charge in [0.1, 0.15) is 0 Å².